The summed E-state index contributed by atoms with van der Waals surface area (Å²) in [5, 5.41) is 3.38. The van der Waals surface area contributed by atoms with E-state index in [9.17, 15) is 18.8 Å². The molecule has 38 heavy (non-hydrogen) atoms. The first-order chi connectivity index (χ1) is 17.8. The van der Waals surface area contributed by atoms with Crippen molar-refractivity contribution in [3.8, 4) is 11.5 Å². The van der Waals surface area contributed by atoms with Crippen molar-refractivity contribution in [1.82, 2.24) is 14.8 Å². The molecule has 0 fully saturated rings. The van der Waals surface area contributed by atoms with Crippen LogP contribution in [0.1, 0.15) is 42.3 Å². The summed E-state index contributed by atoms with van der Waals surface area (Å²) in [4.78, 5) is 39.8. The van der Waals surface area contributed by atoms with Gasteiger partial charge in [0.15, 0.2) is 5.78 Å². The Morgan fingerprint density at radius 1 is 1.16 bits per heavy atom. The number of halogens is 2. The predicted molar refractivity (Wildman–Crippen MR) is 152 cm³/mol. The van der Waals surface area contributed by atoms with Crippen molar-refractivity contribution in [2.45, 2.75) is 59.5 Å². The molecule has 0 radical (unpaired) electrons. The molecule has 2 aromatic carbocycles. The Labute approximate surface area is 229 Å². The second-order valence-corrected chi connectivity index (χ2v) is 15.7. The van der Waals surface area contributed by atoms with Crippen molar-refractivity contribution in [1.29, 1.82) is 0 Å². The number of aromatic nitrogens is 1. The van der Waals surface area contributed by atoms with Crippen molar-refractivity contribution >= 4 is 48.2 Å². The van der Waals surface area contributed by atoms with Gasteiger partial charge in [0.05, 0.1) is 11.6 Å². The van der Waals surface area contributed by atoms with Gasteiger partial charge in [0.2, 0.25) is 11.8 Å². The van der Waals surface area contributed by atoms with Gasteiger partial charge < -0.3 is 14.8 Å². The first-order valence-electron chi connectivity index (χ1n) is 12.4. The fraction of sp³-hybridized carbons (Fsp3) is 0.345. The summed E-state index contributed by atoms with van der Waals surface area (Å²) in [5.41, 5.74) is 5.68. The van der Waals surface area contributed by atoms with E-state index in [1.807, 2.05) is 32.0 Å². The molecule has 1 N–H and O–H groups in total. The van der Waals surface area contributed by atoms with Gasteiger partial charge in [-0.3, -0.25) is 14.4 Å². The molecule has 6 nitrogen and oxygen atoms in total. The second-order valence-electron chi connectivity index (χ2n) is 10.6. The second kappa shape index (κ2) is 12.0. The molecule has 0 saturated heterocycles. The van der Waals surface area contributed by atoms with E-state index in [0.717, 1.165) is 16.5 Å². The summed E-state index contributed by atoms with van der Waals surface area (Å²) in [5.74, 6) is 1.83. The standard InChI is InChI=1S/C29H33ClFN3O3Si/c1-19(2)34(17-27(36)32-15-22-8-7-9-25(30)29(22)31)28(37)18-33-16-24(20(3)35)23-14-21(10-11-26(23)33)12-13-38(4,5)6/h7-11,14,16,19H,15,17-18H2,1-6H3,(H,32,36). The topological polar surface area (TPSA) is 71.4 Å². The van der Waals surface area contributed by atoms with Crippen LogP contribution in [0.5, 0.6) is 0 Å². The van der Waals surface area contributed by atoms with Crippen molar-refractivity contribution in [2.24, 2.45) is 0 Å². The SMILES string of the molecule is CC(=O)c1cn(CC(=O)N(CC(=O)NCc2cccc(Cl)c2F)C(C)C)c2ccc(C#C[Si](C)(C)C)cc12. The Balaban J connectivity index is 1.79. The summed E-state index contributed by atoms with van der Waals surface area (Å²) < 4.78 is 15.9. The Morgan fingerprint density at radius 3 is 2.50 bits per heavy atom. The maximum Gasteiger partial charge on any atom is 0.243 e. The minimum absolute atomic E-state index is 0.0187. The highest BCUT2D eigenvalue weighted by atomic mass is 35.5. The Kier molecular flexibility index (Phi) is 9.18. The maximum absolute atomic E-state index is 14.1. The Morgan fingerprint density at radius 2 is 1.87 bits per heavy atom. The molecular formula is C29H33ClFN3O3Si. The lowest BCUT2D eigenvalue weighted by atomic mass is 10.1. The highest BCUT2D eigenvalue weighted by molar-refractivity contribution is 6.83. The minimum atomic E-state index is -1.57. The molecule has 0 spiro atoms. The largest absolute Gasteiger partial charge is 0.350 e. The van der Waals surface area contributed by atoms with E-state index in [1.54, 1.807) is 22.9 Å². The molecule has 200 valence electrons. The van der Waals surface area contributed by atoms with E-state index in [1.165, 1.54) is 17.9 Å². The normalized spacial score (nSPS) is 11.3. The van der Waals surface area contributed by atoms with E-state index < -0.39 is 19.8 Å². The molecule has 0 aliphatic rings. The molecule has 9 heteroatoms. The van der Waals surface area contributed by atoms with Crippen LogP contribution < -0.4 is 5.32 Å². The summed E-state index contributed by atoms with van der Waals surface area (Å²) in [6.45, 7) is 11.4. The molecule has 0 bridgehead atoms. The number of ketones is 1. The number of benzene rings is 2. The molecule has 0 aliphatic carbocycles. The van der Waals surface area contributed by atoms with Crippen molar-refractivity contribution in [2.75, 3.05) is 6.54 Å². The van der Waals surface area contributed by atoms with Crippen LogP contribution in [0.3, 0.4) is 0 Å². The third-order valence-corrected chi connectivity index (χ3v) is 7.08. The Bertz CT molecular complexity index is 1450. The number of nitrogens with zero attached hydrogens (tertiary/aromatic N) is 2. The van der Waals surface area contributed by atoms with Crippen molar-refractivity contribution in [3.63, 3.8) is 0 Å². The number of hydrogen-bond donors (Lipinski definition) is 1. The average molecular weight is 554 g/mol. The number of carbonyl (C=O) groups is 3. The van der Waals surface area contributed by atoms with Crippen LogP contribution in [0.4, 0.5) is 4.39 Å². The number of hydrogen-bond acceptors (Lipinski definition) is 3. The van der Waals surface area contributed by atoms with Gasteiger partial charge in [-0.05, 0) is 45.0 Å². The predicted octanol–water partition coefficient (Wildman–Crippen LogP) is 5.42. The lowest BCUT2D eigenvalue weighted by Crippen LogP contribution is -2.45. The number of nitrogens with one attached hydrogen (secondary N) is 1. The number of fused-ring (bicyclic) bond motifs is 1. The van der Waals surface area contributed by atoms with Crippen molar-refractivity contribution < 1.29 is 18.8 Å². The van der Waals surface area contributed by atoms with Gasteiger partial charge in [0.25, 0.3) is 0 Å². The highest BCUT2D eigenvalue weighted by Crippen LogP contribution is 2.24. The first kappa shape index (κ1) is 29.1. The molecule has 3 aromatic rings. The number of carbonyl (C=O) groups excluding carboxylic acids is 3. The monoisotopic (exact) mass is 553 g/mol. The number of rotatable bonds is 8. The fourth-order valence-corrected chi connectivity index (χ4v) is 4.64. The van der Waals surface area contributed by atoms with Gasteiger partial charge in [-0.2, -0.15) is 0 Å². The smallest absolute Gasteiger partial charge is 0.243 e. The summed E-state index contributed by atoms with van der Waals surface area (Å²) in [6.07, 6.45) is 1.68. The van der Waals surface area contributed by atoms with Gasteiger partial charge in [0.1, 0.15) is 20.4 Å². The molecule has 0 unspecified atom stereocenters. The molecule has 2 amide bonds. The zero-order valence-electron chi connectivity index (χ0n) is 22.6. The van der Waals surface area contributed by atoms with Crippen LogP contribution >= 0.6 is 11.6 Å². The molecule has 1 heterocycles. The number of Topliss-reactive ketones (excluding diaryl/α,β-unsaturated/α-hetero) is 1. The van der Waals surface area contributed by atoms with Gasteiger partial charge in [-0.15, -0.1) is 5.54 Å². The lowest BCUT2D eigenvalue weighted by Gasteiger charge is -2.26. The van der Waals surface area contributed by atoms with Crippen LogP contribution in [0.15, 0.2) is 42.6 Å². The zero-order valence-corrected chi connectivity index (χ0v) is 24.4. The quantitative estimate of drug-likeness (QED) is 0.230. The van der Waals surface area contributed by atoms with Gasteiger partial charge in [-0.1, -0.05) is 49.3 Å². The molecule has 0 saturated carbocycles. The minimum Gasteiger partial charge on any atom is -0.350 e. The molecule has 1 aromatic heterocycles. The van der Waals surface area contributed by atoms with Crippen LogP contribution in [-0.2, 0) is 22.7 Å². The summed E-state index contributed by atoms with van der Waals surface area (Å²) in [7, 11) is -1.57. The van der Waals surface area contributed by atoms with E-state index in [4.69, 9.17) is 11.6 Å². The summed E-state index contributed by atoms with van der Waals surface area (Å²) >= 11 is 5.81. The lowest BCUT2D eigenvalue weighted by molar-refractivity contribution is -0.138. The highest BCUT2D eigenvalue weighted by Gasteiger charge is 2.22. The third kappa shape index (κ3) is 7.33. The summed E-state index contributed by atoms with van der Waals surface area (Å²) in [6, 6.07) is 9.98. The molecule has 3 rings (SSSR count). The van der Waals surface area contributed by atoms with Gasteiger partial charge in [0, 0.05) is 46.4 Å². The van der Waals surface area contributed by atoms with E-state index in [0.29, 0.717) is 5.56 Å². The van der Waals surface area contributed by atoms with Gasteiger partial charge >= 0.3 is 0 Å². The van der Waals surface area contributed by atoms with Crippen LogP contribution in [-0.4, -0.2) is 47.7 Å². The van der Waals surface area contributed by atoms with Crippen LogP contribution in [0.2, 0.25) is 24.7 Å². The molecular weight excluding hydrogens is 521 g/mol. The van der Waals surface area contributed by atoms with E-state index in [2.05, 4.69) is 36.4 Å². The number of amides is 2. The first-order valence-corrected chi connectivity index (χ1v) is 16.3. The molecule has 0 atom stereocenters. The molecule has 0 aliphatic heterocycles. The van der Waals surface area contributed by atoms with E-state index >= 15 is 0 Å². The van der Waals surface area contributed by atoms with Crippen LogP contribution in [0.25, 0.3) is 10.9 Å². The maximum atomic E-state index is 14.1. The third-order valence-electron chi connectivity index (χ3n) is 5.91. The van der Waals surface area contributed by atoms with Gasteiger partial charge in [-0.25, -0.2) is 4.39 Å². The average Bonchev–Trinajstić information content (AvgIpc) is 3.19. The van der Waals surface area contributed by atoms with Crippen molar-refractivity contribution in [3.05, 3.63) is 70.1 Å². The van der Waals surface area contributed by atoms with E-state index in [-0.39, 0.29) is 48.0 Å². The van der Waals surface area contributed by atoms with Crippen LogP contribution in [0, 0.1) is 17.3 Å². The zero-order chi connectivity index (χ0) is 28.2. The Hall–Kier alpha value is -3.41. The fourth-order valence-electron chi connectivity index (χ4n) is 3.93.